The number of carbonyl (C=O) groups excluding carboxylic acids is 1. The van der Waals surface area contributed by atoms with Crippen molar-refractivity contribution >= 4 is 6.16 Å². The maximum atomic E-state index is 11.7. The van der Waals surface area contributed by atoms with Crippen molar-refractivity contribution in [2.24, 2.45) is 0 Å². The number of hydrogen-bond donors (Lipinski definition) is 3. The van der Waals surface area contributed by atoms with Crippen molar-refractivity contribution in [3.05, 3.63) is 0 Å². The van der Waals surface area contributed by atoms with Crippen LogP contribution in [0.2, 0.25) is 0 Å². The van der Waals surface area contributed by atoms with Gasteiger partial charge in [0.15, 0.2) is 12.5 Å². The Kier molecular flexibility index (Phi) is 7.78. The molecule has 6 heteroatoms. The van der Waals surface area contributed by atoms with Gasteiger partial charge in [0, 0.05) is 0 Å². The van der Waals surface area contributed by atoms with E-state index in [2.05, 4.69) is 10.6 Å². The molecule has 2 rings (SSSR count). The summed E-state index contributed by atoms with van der Waals surface area (Å²) in [4.78, 5) is 11.7. The molecule has 0 amide bonds. The van der Waals surface area contributed by atoms with Gasteiger partial charge in [0.2, 0.25) is 0 Å². The molecule has 2 atom stereocenters. The predicted octanol–water partition coefficient (Wildman–Crippen LogP) is 2.28. The molecular formula is C13H27N3O3. The SMILES string of the molecule is N.O=C(OC1CCCCCN1)OC1CCCCCN1. The van der Waals surface area contributed by atoms with Crippen molar-refractivity contribution in [1.82, 2.24) is 16.8 Å². The first-order chi connectivity index (χ1) is 8.84. The lowest BCUT2D eigenvalue weighted by Crippen LogP contribution is -2.37. The Bertz CT molecular complexity index is 224. The molecule has 0 radical (unpaired) electrons. The maximum absolute atomic E-state index is 11.7. The molecule has 112 valence electrons. The van der Waals surface area contributed by atoms with Crippen molar-refractivity contribution in [2.75, 3.05) is 13.1 Å². The highest BCUT2D eigenvalue weighted by Gasteiger charge is 2.21. The summed E-state index contributed by atoms with van der Waals surface area (Å²) in [5.74, 6) is 0. The van der Waals surface area contributed by atoms with E-state index in [9.17, 15) is 4.79 Å². The lowest BCUT2D eigenvalue weighted by Gasteiger charge is -2.20. The second kappa shape index (κ2) is 9.12. The molecule has 2 saturated heterocycles. The van der Waals surface area contributed by atoms with Crippen molar-refractivity contribution in [1.29, 1.82) is 0 Å². The monoisotopic (exact) mass is 273 g/mol. The van der Waals surface area contributed by atoms with Gasteiger partial charge in [-0.3, -0.25) is 10.6 Å². The fraction of sp³-hybridized carbons (Fsp3) is 0.923. The number of rotatable bonds is 2. The van der Waals surface area contributed by atoms with Crippen molar-refractivity contribution < 1.29 is 14.3 Å². The highest BCUT2D eigenvalue weighted by atomic mass is 16.7. The van der Waals surface area contributed by atoms with E-state index in [0.29, 0.717) is 0 Å². The summed E-state index contributed by atoms with van der Waals surface area (Å²) in [7, 11) is 0. The third-order valence-electron chi connectivity index (χ3n) is 3.51. The Morgan fingerprint density at radius 1 is 0.789 bits per heavy atom. The van der Waals surface area contributed by atoms with E-state index in [0.717, 1.165) is 51.6 Å². The van der Waals surface area contributed by atoms with Gasteiger partial charge in [-0.15, -0.1) is 0 Å². The molecule has 0 spiro atoms. The highest BCUT2D eigenvalue weighted by molar-refractivity contribution is 5.60. The predicted molar refractivity (Wildman–Crippen MR) is 73.1 cm³/mol. The first-order valence-electron chi connectivity index (χ1n) is 7.18. The summed E-state index contributed by atoms with van der Waals surface area (Å²) >= 11 is 0. The lowest BCUT2D eigenvalue weighted by molar-refractivity contribution is -0.0207. The average Bonchev–Trinajstić information content (AvgIpc) is 2.74. The summed E-state index contributed by atoms with van der Waals surface area (Å²) in [5, 5.41) is 6.44. The summed E-state index contributed by atoms with van der Waals surface area (Å²) < 4.78 is 10.6. The van der Waals surface area contributed by atoms with Crippen LogP contribution in [0.15, 0.2) is 0 Å². The highest BCUT2D eigenvalue weighted by Crippen LogP contribution is 2.13. The van der Waals surface area contributed by atoms with Crippen LogP contribution < -0.4 is 16.8 Å². The van der Waals surface area contributed by atoms with Crippen LogP contribution in [-0.2, 0) is 9.47 Å². The molecule has 0 aromatic carbocycles. The van der Waals surface area contributed by atoms with Crippen LogP contribution >= 0.6 is 0 Å². The van der Waals surface area contributed by atoms with E-state index in [1.54, 1.807) is 0 Å². The third-order valence-corrected chi connectivity index (χ3v) is 3.51. The van der Waals surface area contributed by atoms with Gasteiger partial charge in [-0.1, -0.05) is 12.8 Å². The van der Waals surface area contributed by atoms with Crippen LogP contribution in [0.3, 0.4) is 0 Å². The van der Waals surface area contributed by atoms with Gasteiger partial charge >= 0.3 is 6.16 Å². The van der Waals surface area contributed by atoms with Crippen LogP contribution in [0.4, 0.5) is 4.79 Å². The van der Waals surface area contributed by atoms with Gasteiger partial charge in [0.1, 0.15) is 0 Å². The molecule has 5 N–H and O–H groups in total. The molecule has 2 heterocycles. The Morgan fingerprint density at radius 2 is 1.26 bits per heavy atom. The van der Waals surface area contributed by atoms with Gasteiger partial charge in [0.05, 0.1) is 0 Å². The van der Waals surface area contributed by atoms with Gasteiger partial charge in [-0.25, -0.2) is 4.79 Å². The summed E-state index contributed by atoms with van der Waals surface area (Å²) in [6.45, 7) is 1.83. The van der Waals surface area contributed by atoms with Crippen LogP contribution in [0, 0.1) is 0 Å². The standard InChI is InChI=1S/C13H24N2O3.H3N/c16-13(17-11-7-3-1-5-9-14-11)18-12-8-4-2-6-10-15-12;/h11-12,14-15H,1-10H2;1H3. The van der Waals surface area contributed by atoms with Gasteiger partial charge < -0.3 is 15.6 Å². The third kappa shape index (κ3) is 6.22. The van der Waals surface area contributed by atoms with Gasteiger partial charge in [0.25, 0.3) is 0 Å². The molecule has 0 aromatic rings. The molecule has 0 saturated carbocycles. The lowest BCUT2D eigenvalue weighted by atomic mass is 10.2. The molecule has 6 nitrogen and oxygen atoms in total. The number of hydrogen-bond acceptors (Lipinski definition) is 6. The van der Waals surface area contributed by atoms with E-state index in [1.165, 1.54) is 12.8 Å². The molecule has 0 bridgehead atoms. The van der Waals surface area contributed by atoms with Crippen molar-refractivity contribution in [3.8, 4) is 0 Å². The largest absolute Gasteiger partial charge is 0.511 e. The molecular weight excluding hydrogens is 246 g/mol. The Hall–Kier alpha value is -0.850. The van der Waals surface area contributed by atoms with E-state index < -0.39 is 6.16 Å². The Morgan fingerprint density at radius 3 is 1.74 bits per heavy atom. The second-order valence-electron chi connectivity index (χ2n) is 5.07. The maximum Gasteiger partial charge on any atom is 0.511 e. The number of carbonyl (C=O) groups is 1. The molecule has 2 aliphatic rings. The zero-order valence-electron chi connectivity index (χ0n) is 11.7. The average molecular weight is 273 g/mol. The zero-order valence-corrected chi connectivity index (χ0v) is 11.7. The molecule has 0 aromatic heterocycles. The summed E-state index contributed by atoms with van der Waals surface area (Å²) in [6.07, 6.45) is 7.78. The van der Waals surface area contributed by atoms with Crippen LogP contribution in [0.5, 0.6) is 0 Å². The topological polar surface area (TPSA) is 94.6 Å². The molecule has 2 unspecified atom stereocenters. The molecule has 19 heavy (non-hydrogen) atoms. The van der Waals surface area contributed by atoms with E-state index >= 15 is 0 Å². The Labute approximate surface area is 115 Å². The van der Waals surface area contributed by atoms with Crippen molar-refractivity contribution in [3.63, 3.8) is 0 Å². The van der Waals surface area contributed by atoms with Gasteiger partial charge in [-0.05, 0) is 51.6 Å². The number of nitrogens with one attached hydrogen (secondary N) is 2. The van der Waals surface area contributed by atoms with Crippen LogP contribution in [0.1, 0.15) is 51.4 Å². The van der Waals surface area contributed by atoms with Crippen molar-refractivity contribution in [2.45, 2.75) is 63.8 Å². The van der Waals surface area contributed by atoms with Crippen LogP contribution in [-0.4, -0.2) is 31.7 Å². The minimum atomic E-state index is -0.547. The summed E-state index contributed by atoms with van der Waals surface area (Å²) in [6, 6.07) is 0. The minimum Gasteiger partial charge on any atom is -0.415 e. The number of ether oxygens (including phenoxy) is 2. The van der Waals surface area contributed by atoms with E-state index in [-0.39, 0.29) is 18.6 Å². The van der Waals surface area contributed by atoms with Gasteiger partial charge in [-0.2, -0.15) is 0 Å². The zero-order chi connectivity index (χ0) is 12.6. The smallest absolute Gasteiger partial charge is 0.415 e. The Balaban J connectivity index is 0.00000180. The second-order valence-corrected chi connectivity index (χ2v) is 5.07. The summed E-state index contributed by atoms with van der Waals surface area (Å²) in [5.41, 5.74) is 0. The normalized spacial score (nSPS) is 28.4. The minimum absolute atomic E-state index is 0. The van der Waals surface area contributed by atoms with Crippen LogP contribution in [0.25, 0.3) is 0 Å². The first-order valence-corrected chi connectivity index (χ1v) is 7.18. The van der Waals surface area contributed by atoms with E-state index in [4.69, 9.17) is 9.47 Å². The quantitative estimate of drug-likeness (QED) is 0.668. The fourth-order valence-electron chi connectivity index (χ4n) is 2.45. The fourth-order valence-corrected chi connectivity index (χ4v) is 2.45. The molecule has 2 aliphatic heterocycles. The van der Waals surface area contributed by atoms with E-state index in [1.807, 2.05) is 0 Å². The first kappa shape index (κ1) is 16.2. The molecule has 2 fully saturated rings. The molecule has 0 aliphatic carbocycles.